The molecule has 0 aliphatic heterocycles. The molecule has 0 saturated heterocycles. The molecule has 0 aromatic heterocycles. The van der Waals surface area contributed by atoms with E-state index in [0.29, 0.717) is 58.5 Å². The van der Waals surface area contributed by atoms with E-state index in [2.05, 4.69) is 71.6 Å². The van der Waals surface area contributed by atoms with Gasteiger partial charge in [-0.3, -0.25) is 0 Å². The van der Waals surface area contributed by atoms with Gasteiger partial charge in [-0.2, -0.15) is 38.5 Å². The van der Waals surface area contributed by atoms with Crippen molar-refractivity contribution in [1.29, 1.82) is 0 Å². The fourth-order valence-corrected chi connectivity index (χ4v) is 41.1. The van der Waals surface area contributed by atoms with Gasteiger partial charge in [0.15, 0.2) is 0 Å². The zero-order valence-electron chi connectivity index (χ0n) is 83.3. The van der Waals surface area contributed by atoms with Gasteiger partial charge in [0.1, 0.15) is 0 Å². The number of rotatable bonds is 56. The van der Waals surface area contributed by atoms with E-state index in [1.54, 1.807) is 0 Å². The second kappa shape index (κ2) is 70.9. The van der Waals surface area contributed by atoms with E-state index in [4.69, 9.17) is 115 Å². The number of aryl methyl sites for hydroxylation is 4. The zero-order valence-corrected chi connectivity index (χ0v) is 101. The maximum Gasteiger partial charge on any atom is -0.0582 e. The minimum Gasteiger partial charge on any atom is -0.358 e. The van der Waals surface area contributed by atoms with Gasteiger partial charge < -0.3 is 26.7 Å². The van der Waals surface area contributed by atoms with Crippen LogP contribution >= 0.6 is 77.5 Å². The van der Waals surface area contributed by atoms with E-state index >= 15 is 0 Å². The Hall–Kier alpha value is -0.662. The molecule has 3 aliphatic carbocycles. The molecule has 0 radical (unpaired) electrons. The van der Waals surface area contributed by atoms with E-state index in [-0.39, 0.29) is 75.0 Å². The normalized spacial score (nSPS) is 14.2. The first-order chi connectivity index (χ1) is 62.1. The molecular formula is C103H168Cl8O12Ru4Si5-4. The average molecular weight is 2430 g/mol. The smallest absolute Gasteiger partial charge is 0.0582 e. The summed E-state index contributed by atoms with van der Waals surface area (Å²) in [4.78, 5) is 53.3. The van der Waals surface area contributed by atoms with Gasteiger partial charge in [-0.05, 0) is 0 Å². The van der Waals surface area contributed by atoms with Crippen molar-refractivity contribution in [3.05, 3.63) is 144 Å². The standard InChI is InChI=1S/C84H132O12Si5.3C6H11.CH3.8ClH.4Ru/c1-65(2)93-77-36-22-33-74(71(77)11)41-45-81(86)90-49-25-53-98(15,16)57-29-61-101(60-28-56-97(13,14)52-24-48-89-80(85)44-40-73-39-38-69(9)79(64-73)95-67(5)6,62-30-58-99(17,18)54-26-50-91-82(87)46-42-75-34-23-37-78(72(75)12)94-66(3)4)63-31-59-100(19,20)55-27-51-92-83(88)47-43-76-35-21-32-70(10)84(76)96-68(7)8;3*1-2-4-6-5-3-1;;;;;;;;;;;;;/h9-12,21-23,32-39,64-68H,24-31,40-63H2,1-8,13-20H3;3*1H,2-6H2;1H3;8*1H;;;;/q;4*-1;;;;;;;;;4*+2/p-8. The first-order valence-corrected chi connectivity index (χ1v) is 87.1. The van der Waals surface area contributed by atoms with Crippen LogP contribution in [0.25, 0.3) is 0 Å². The maximum absolute atomic E-state index is 13.3. The monoisotopic (exact) mass is 2420 g/mol. The van der Waals surface area contributed by atoms with Crippen molar-refractivity contribution < 1.29 is 111 Å². The van der Waals surface area contributed by atoms with Crippen LogP contribution in [-0.4, -0.2) is 134 Å². The number of para-hydroxylation sites is 1. The number of carbonyl (C=O) groups is 4. The molecule has 0 spiro atoms. The molecular weight excluding hydrogens is 2260 g/mol. The zero-order chi connectivity index (χ0) is 96.7. The Balaban J connectivity index is 0.00000209. The Labute approximate surface area is 859 Å². The van der Waals surface area contributed by atoms with Gasteiger partial charge >= 0.3 is 641 Å². The van der Waals surface area contributed by atoms with Crippen molar-refractivity contribution in [3.63, 3.8) is 0 Å². The molecule has 7 rings (SSSR count). The summed E-state index contributed by atoms with van der Waals surface area (Å²) < 4.78 is 55.9. The van der Waals surface area contributed by atoms with Crippen LogP contribution in [0.5, 0.6) is 23.0 Å². The van der Waals surface area contributed by atoms with E-state index in [1.165, 1.54) is 170 Å². The Morgan fingerprint density at radius 3 is 0.924 bits per heavy atom. The second-order valence-corrected chi connectivity index (χ2v) is 89.1. The third-order valence-corrected chi connectivity index (χ3v) is 50.9. The first kappa shape index (κ1) is 125. The molecule has 0 heterocycles. The molecule has 3 fully saturated rings. The predicted octanol–water partition coefficient (Wildman–Crippen LogP) is 32.5. The minimum atomic E-state index is -2.17. The van der Waals surface area contributed by atoms with Crippen LogP contribution in [0.2, 0.25) is 125 Å². The van der Waals surface area contributed by atoms with E-state index in [0.717, 1.165) is 117 Å². The first-order valence-electron chi connectivity index (χ1n) is 48.7. The van der Waals surface area contributed by atoms with Gasteiger partial charge in [-0.15, -0.1) is 0 Å². The molecule has 0 unspecified atom stereocenters. The topological polar surface area (TPSA) is 142 Å². The fraction of sp³-hybridized carbons (Fsp3) is 0.650. The second-order valence-electron chi connectivity index (χ2n) is 39.9. The van der Waals surface area contributed by atoms with Crippen LogP contribution in [0.1, 0.15) is 273 Å². The number of carbonyl (C=O) groups excluding carboxylic acids is 4. The molecule has 0 atom stereocenters. The molecule has 12 nitrogen and oxygen atoms in total. The molecule has 0 amide bonds. The quantitative estimate of drug-likeness (QED) is 0.0137. The van der Waals surface area contributed by atoms with Crippen LogP contribution in [0.15, 0.2) is 72.8 Å². The summed E-state index contributed by atoms with van der Waals surface area (Å²) in [6.07, 6.45) is 39.8. The number of hydrogen-bond acceptors (Lipinski definition) is 12. The molecule has 132 heavy (non-hydrogen) atoms. The third kappa shape index (κ3) is 60.1. The van der Waals surface area contributed by atoms with Crippen molar-refractivity contribution >= 4 is 160 Å². The number of ether oxygens (including phenoxy) is 8. The molecule has 0 bridgehead atoms. The van der Waals surface area contributed by atoms with Gasteiger partial charge in [0.05, 0.1) is 8.07 Å². The van der Waals surface area contributed by atoms with Crippen LogP contribution in [0, 0.1) is 26.7 Å². The van der Waals surface area contributed by atoms with Crippen LogP contribution in [0.4, 0.5) is 0 Å². The van der Waals surface area contributed by atoms with Gasteiger partial charge in [0, 0.05) is 8.07 Å². The van der Waals surface area contributed by atoms with Crippen molar-refractivity contribution in [3.8, 4) is 23.0 Å². The molecule has 29 heteroatoms. The van der Waals surface area contributed by atoms with Crippen LogP contribution < -0.4 is 18.9 Å². The number of esters is 4. The Bertz CT molecular complexity index is 3890. The van der Waals surface area contributed by atoms with Crippen molar-refractivity contribution in [2.75, 3.05) is 26.4 Å². The predicted molar refractivity (Wildman–Crippen MR) is 572 cm³/mol. The SMILES string of the molecule is CC(C)Oc1cc(CCC(=O)OCCC[Si](C)(C)CCC[Si](CCC[Si](C)(C)CCCOC(=O)CCc2cccc(OC(C)C)c2[CH]=[Ru]([Cl])[Cl])(CCC[Si](C)(C)CCCOC(=O)CCc2cccc(OC(C)C)c2[CH]=[Ru]([Cl])[Cl])CCC[Si](C)(C)CCCOC(=O)CCc2cccc([CH]=[Ru]([Cl])[Cl])c2OC(C)C)ccc1[CH]=[Ru]([Cl])[Cl].[CH-]1CCCCC1.[CH-]1CCCCC1.[CH-]1CCCCC1.[CH3-]. The van der Waals surface area contributed by atoms with Gasteiger partial charge in [0.2, 0.25) is 0 Å². The van der Waals surface area contributed by atoms with E-state index in [9.17, 15) is 19.2 Å². The molecule has 4 aromatic rings. The van der Waals surface area contributed by atoms with Crippen molar-refractivity contribution in [2.45, 2.75) is 404 Å². The van der Waals surface area contributed by atoms with Crippen LogP contribution in [0.3, 0.4) is 0 Å². The minimum absolute atomic E-state index is 0. The Morgan fingerprint density at radius 2 is 0.621 bits per heavy atom. The van der Waals surface area contributed by atoms with E-state index in [1.807, 2.05) is 147 Å². The fourth-order valence-electron chi connectivity index (χ4n) is 17.2. The number of halogens is 8. The van der Waals surface area contributed by atoms with E-state index < -0.39 is 94.4 Å². The van der Waals surface area contributed by atoms with Crippen LogP contribution in [-0.2, 0) is 118 Å². The summed E-state index contributed by atoms with van der Waals surface area (Å²) >= 11 is -8.52. The maximum atomic E-state index is 13.3. The molecule has 764 valence electrons. The summed E-state index contributed by atoms with van der Waals surface area (Å²) in [6.45, 7) is 37.8. The Morgan fingerprint density at radius 1 is 0.333 bits per heavy atom. The van der Waals surface area contributed by atoms with Crippen molar-refractivity contribution in [1.82, 2.24) is 0 Å². The number of benzene rings is 4. The summed E-state index contributed by atoms with van der Waals surface area (Å²) in [7, 11) is 41.9. The molecule has 3 aliphatic rings. The summed E-state index contributed by atoms with van der Waals surface area (Å²) in [6, 6.07) is 38.2. The summed E-state index contributed by atoms with van der Waals surface area (Å²) in [5.74, 6) is 2.13. The summed E-state index contributed by atoms with van der Waals surface area (Å²) in [5.41, 5.74) is 7.40. The largest absolute Gasteiger partial charge is 0.358 e. The molecule has 0 N–H and O–H groups in total. The number of hydrogen-bond donors (Lipinski definition) is 0. The van der Waals surface area contributed by atoms with Crippen molar-refractivity contribution in [2.24, 2.45) is 0 Å². The average Bonchev–Trinajstić information content (AvgIpc) is 0.847. The summed E-state index contributed by atoms with van der Waals surface area (Å²) in [5, 5.41) is 0. The van der Waals surface area contributed by atoms with Gasteiger partial charge in [0.25, 0.3) is 0 Å². The van der Waals surface area contributed by atoms with Gasteiger partial charge in [-0.1, -0.05) is 146 Å². The Kier molecular flexibility index (Phi) is 67.4. The third-order valence-electron chi connectivity index (χ3n) is 24.3. The molecule has 4 aromatic carbocycles. The molecule has 3 saturated carbocycles. The van der Waals surface area contributed by atoms with Gasteiger partial charge in [-0.25, -0.2) is 0 Å².